The maximum Gasteiger partial charge on any atom is 0.257 e. The molecule has 2 N–H and O–H groups in total. The Labute approximate surface area is 156 Å². The number of ether oxygens (including phenoxy) is 2. The molecule has 2 aromatic rings. The Hall–Kier alpha value is -2.65. The number of carbonyl (C=O) groups excluding carboxylic acids is 1. The fraction of sp³-hybridized carbons (Fsp3) is 0.278. The minimum Gasteiger partial charge on any atom is -0.493 e. The van der Waals surface area contributed by atoms with Gasteiger partial charge in [0.2, 0.25) is 10.0 Å². The van der Waals surface area contributed by atoms with Crippen molar-refractivity contribution in [1.29, 1.82) is 0 Å². The summed E-state index contributed by atoms with van der Waals surface area (Å²) in [6.45, 7) is 0.857. The fourth-order valence-electron chi connectivity index (χ4n) is 2.91. The van der Waals surface area contributed by atoms with Gasteiger partial charge < -0.3 is 14.4 Å². The van der Waals surface area contributed by atoms with Gasteiger partial charge in [0.1, 0.15) is 5.82 Å². The van der Waals surface area contributed by atoms with E-state index in [0.29, 0.717) is 36.6 Å². The van der Waals surface area contributed by atoms with Gasteiger partial charge in [-0.1, -0.05) is 12.1 Å². The average Bonchev–Trinajstić information content (AvgIpc) is 2.60. The van der Waals surface area contributed by atoms with Crippen molar-refractivity contribution in [3.05, 3.63) is 53.3 Å². The number of benzene rings is 2. The first-order valence-corrected chi connectivity index (χ1v) is 9.76. The van der Waals surface area contributed by atoms with Gasteiger partial charge in [-0.05, 0) is 30.7 Å². The molecule has 0 aromatic heterocycles. The lowest BCUT2D eigenvalue weighted by molar-refractivity contribution is 0.0716. The summed E-state index contributed by atoms with van der Waals surface area (Å²) >= 11 is 0. The van der Waals surface area contributed by atoms with Crippen LogP contribution in [0.3, 0.4) is 0 Å². The second-order valence-electron chi connectivity index (χ2n) is 6.06. The minimum absolute atomic E-state index is 0.171. The summed E-state index contributed by atoms with van der Waals surface area (Å²) in [6.07, 6.45) is 0.528. The molecular weight excluding hydrogens is 375 g/mol. The van der Waals surface area contributed by atoms with E-state index in [4.69, 9.17) is 14.6 Å². The number of primary sulfonamides is 1. The van der Waals surface area contributed by atoms with Crippen molar-refractivity contribution in [3.8, 4) is 11.5 Å². The molecule has 0 spiro atoms. The summed E-state index contributed by atoms with van der Waals surface area (Å²) in [6, 6.07) is 8.24. The molecule has 2 aromatic carbocycles. The number of amides is 1. The van der Waals surface area contributed by atoms with Crippen LogP contribution in [0.15, 0.2) is 41.3 Å². The number of nitrogens with zero attached hydrogens (tertiary/aromatic N) is 1. The lowest BCUT2D eigenvalue weighted by atomic mass is 10.1. The van der Waals surface area contributed by atoms with Crippen LogP contribution < -0.4 is 14.6 Å². The quantitative estimate of drug-likeness (QED) is 0.857. The number of rotatable bonds is 3. The molecule has 0 bridgehead atoms. The number of nitrogens with two attached hydrogens (primary N) is 1. The first-order chi connectivity index (χ1) is 12.8. The highest BCUT2D eigenvalue weighted by Crippen LogP contribution is 2.33. The number of carbonyl (C=O) groups is 1. The van der Waals surface area contributed by atoms with E-state index in [2.05, 4.69) is 0 Å². The van der Waals surface area contributed by atoms with Crippen molar-refractivity contribution in [2.75, 3.05) is 20.3 Å². The lowest BCUT2D eigenvalue weighted by Crippen LogP contribution is -2.34. The number of hydrogen-bond acceptors (Lipinski definition) is 5. The Morgan fingerprint density at radius 3 is 2.78 bits per heavy atom. The molecule has 1 amide bonds. The SMILES string of the molecule is COc1cccc2c1OCCCN(C(=O)c1cc(S(N)(=O)=O)ccc1F)C2. The van der Waals surface area contributed by atoms with Crippen molar-refractivity contribution in [3.63, 3.8) is 0 Å². The standard InChI is InChI=1S/C18H19FN2O5S/c1-25-16-5-2-4-12-11-21(8-3-9-26-17(12)16)18(22)14-10-13(27(20,23)24)6-7-15(14)19/h2,4-7,10H,3,8-9,11H2,1H3,(H2,20,23,24). The normalized spacial score (nSPS) is 14.6. The van der Waals surface area contributed by atoms with E-state index in [1.165, 1.54) is 12.0 Å². The monoisotopic (exact) mass is 394 g/mol. The highest BCUT2D eigenvalue weighted by molar-refractivity contribution is 7.89. The molecule has 0 fully saturated rings. The fourth-order valence-corrected chi connectivity index (χ4v) is 3.45. The molecule has 0 atom stereocenters. The molecule has 3 rings (SSSR count). The topological polar surface area (TPSA) is 98.9 Å². The number of hydrogen-bond donors (Lipinski definition) is 1. The Morgan fingerprint density at radius 1 is 1.30 bits per heavy atom. The summed E-state index contributed by atoms with van der Waals surface area (Å²) in [7, 11) is -2.53. The number of para-hydroxylation sites is 1. The maximum absolute atomic E-state index is 14.2. The van der Waals surface area contributed by atoms with Crippen LogP contribution in [-0.2, 0) is 16.6 Å². The minimum atomic E-state index is -4.05. The number of fused-ring (bicyclic) bond motifs is 1. The van der Waals surface area contributed by atoms with Gasteiger partial charge in [0, 0.05) is 18.7 Å². The van der Waals surface area contributed by atoms with Crippen LogP contribution in [0.4, 0.5) is 4.39 Å². The van der Waals surface area contributed by atoms with E-state index in [1.807, 2.05) is 0 Å². The van der Waals surface area contributed by atoms with Crippen LogP contribution in [0, 0.1) is 5.82 Å². The molecule has 144 valence electrons. The van der Waals surface area contributed by atoms with E-state index in [1.54, 1.807) is 18.2 Å². The van der Waals surface area contributed by atoms with Crippen molar-refractivity contribution in [2.24, 2.45) is 5.14 Å². The van der Waals surface area contributed by atoms with E-state index in [9.17, 15) is 17.6 Å². The van der Waals surface area contributed by atoms with Gasteiger partial charge in [0.25, 0.3) is 5.91 Å². The Balaban J connectivity index is 1.97. The van der Waals surface area contributed by atoms with Crippen LogP contribution in [0.1, 0.15) is 22.3 Å². The molecule has 9 heteroatoms. The number of halogens is 1. The first kappa shape index (κ1) is 19.1. The summed E-state index contributed by atoms with van der Waals surface area (Å²) < 4.78 is 48.3. The van der Waals surface area contributed by atoms with Gasteiger partial charge in [-0.2, -0.15) is 0 Å². The van der Waals surface area contributed by atoms with E-state index >= 15 is 0 Å². The maximum atomic E-state index is 14.2. The lowest BCUT2D eigenvalue weighted by Gasteiger charge is -2.27. The van der Waals surface area contributed by atoms with Gasteiger partial charge in [-0.25, -0.2) is 17.9 Å². The molecule has 1 heterocycles. The molecule has 0 saturated heterocycles. The molecule has 0 radical (unpaired) electrons. The van der Waals surface area contributed by atoms with Crippen LogP contribution in [0.25, 0.3) is 0 Å². The Bertz CT molecular complexity index is 978. The Morgan fingerprint density at radius 2 is 2.07 bits per heavy atom. The van der Waals surface area contributed by atoms with Crippen LogP contribution >= 0.6 is 0 Å². The van der Waals surface area contributed by atoms with Crippen LogP contribution in [0.5, 0.6) is 11.5 Å². The van der Waals surface area contributed by atoms with Gasteiger partial charge in [-0.3, -0.25) is 4.79 Å². The van der Waals surface area contributed by atoms with Crippen LogP contribution in [0.2, 0.25) is 0 Å². The number of sulfonamides is 1. The predicted octanol–water partition coefficient (Wildman–Crippen LogP) is 1.91. The van der Waals surface area contributed by atoms with Crippen LogP contribution in [-0.4, -0.2) is 39.5 Å². The third kappa shape index (κ3) is 4.04. The van der Waals surface area contributed by atoms with Crippen molar-refractivity contribution >= 4 is 15.9 Å². The smallest absolute Gasteiger partial charge is 0.257 e. The van der Waals surface area contributed by atoms with E-state index < -0.39 is 21.7 Å². The Kier molecular flexibility index (Phi) is 5.33. The van der Waals surface area contributed by atoms with E-state index in [-0.39, 0.29) is 17.0 Å². The summed E-state index contributed by atoms with van der Waals surface area (Å²) in [4.78, 5) is 14.0. The van der Waals surface area contributed by atoms with Crippen molar-refractivity contribution < 1.29 is 27.1 Å². The third-order valence-electron chi connectivity index (χ3n) is 4.24. The molecule has 7 nitrogen and oxygen atoms in total. The summed E-state index contributed by atoms with van der Waals surface area (Å²) in [5.74, 6) is -0.342. The second kappa shape index (κ2) is 7.53. The molecular formula is C18H19FN2O5S. The van der Waals surface area contributed by atoms with Gasteiger partial charge in [0.15, 0.2) is 11.5 Å². The summed E-state index contributed by atoms with van der Waals surface area (Å²) in [5.41, 5.74) is 0.373. The molecule has 0 unspecified atom stereocenters. The zero-order chi connectivity index (χ0) is 19.6. The van der Waals surface area contributed by atoms with Gasteiger partial charge >= 0.3 is 0 Å². The van der Waals surface area contributed by atoms with Gasteiger partial charge in [0.05, 0.1) is 24.2 Å². The zero-order valence-electron chi connectivity index (χ0n) is 14.6. The average molecular weight is 394 g/mol. The summed E-state index contributed by atoms with van der Waals surface area (Å²) in [5, 5.41) is 5.09. The third-order valence-corrected chi connectivity index (χ3v) is 5.16. The van der Waals surface area contributed by atoms with Crippen molar-refractivity contribution in [1.82, 2.24) is 4.90 Å². The molecule has 1 aliphatic rings. The highest BCUT2D eigenvalue weighted by Gasteiger charge is 2.25. The van der Waals surface area contributed by atoms with E-state index in [0.717, 1.165) is 18.2 Å². The zero-order valence-corrected chi connectivity index (χ0v) is 15.5. The first-order valence-electron chi connectivity index (χ1n) is 8.21. The predicted molar refractivity (Wildman–Crippen MR) is 95.6 cm³/mol. The highest BCUT2D eigenvalue weighted by atomic mass is 32.2. The molecule has 0 aliphatic carbocycles. The molecule has 0 saturated carbocycles. The molecule has 27 heavy (non-hydrogen) atoms. The number of methoxy groups -OCH3 is 1. The molecule has 1 aliphatic heterocycles. The van der Waals surface area contributed by atoms with Gasteiger partial charge in [-0.15, -0.1) is 0 Å². The largest absolute Gasteiger partial charge is 0.493 e. The second-order valence-corrected chi connectivity index (χ2v) is 7.63. The van der Waals surface area contributed by atoms with Crippen molar-refractivity contribution in [2.45, 2.75) is 17.9 Å².